The number of hydrogen-bond acceptors (Lipinski definition) is 5. The van der Waals surface area contributed by atoms with Gasteiger partial charge in [-0.25, -0.2) is 0 Å². The van der Waals surface area contributed by atoms with E-state index in [1.54, 1.807) is 0 Å². The second-order valence-electron chi connectivity index (χ2n) is 26.7. The van der Waals surface area contributed by atoms with Gasteiger partial charge in [-0.3, -0.25) is 9.59 Å². The van der Waals surface area contributed by atoms with Crippen molar-refractivity contribution in [3.8, 4) is 0 Å². The highest BCUT2D eigenvalue weighted by Crippen LogP contribution is 2.20. The molecule has 0 aromatic rings. The molecule has 2 atom stereocenters. The quantitative estimate of drug-likeness (QED) is 0.0320. The molecule has 0 saturated heterocycles. The molecule has 0 aromatic heterocycles. The van der Waals surface area contributed by atoms with Crippen LogP contribution in [0.4, 0.5) is 0 Å². The van der Waals surface area contributed by atoms with Gasteiger partial charge in [-0.1, -0.05) is 392 Å². The molecule has 6 heteroatoms. The van der Waals surface area contributed by atoms with Crippen molar-refractivity contribution in [2.75, 3.05) is 13.2 Å². The van der Waals surface area contributed by atoms with E-state index < -0.39 is 12.1 Å². The number of aliphatic hydroxyl groups excluding tert-OH is 2. The first-order chi connectivity index (χ1) is 41.0. The first kappa shape index (κ1) is 81.6. The van der Waals surface area contributed by atoms with Crippen LogP contribution < -0.4 is 5.32 Å². The van der Waals surface area contributed by atoms with Crippen molar-refractivity contribution in [2.45, 2.75) is 456 Å². The number of rotatable bonds is 73. The maximum atomic E-state index is 12.5. The zero-order chi connectivity index (χ0) is 59.9. The van der Waals surface area contributed by atoms with Crippen molar-refractivity contribution >= 4 is 11.9 Å². The van der Waals surface area contributed by atoms with Crippen molar-refractivity contribution < 1.29 is 24.5 Å². The molecule has 0 heterocycles. The average molecular weight is 1170 g/mol. The van der Waals surface area contributed by atoms with Crippen molar-refractivity contribution in [3.05, 3.63) is 12.2 Å². The molecule has 2 unspecified atom stereocenters. The van der Waals surface area contributed by atoms with E-state index >= 15 is 0 Å². The second kappa shape index (κ2) is 73.1. The van der Waals surface area contributed by atoms with Gasteiger partial charge in [0.15, 0.2) is 0 Å². The topological polar surface area (TPSA) is 95.9 Å². The number of carbonyl (C=O) groups is 2. The lowest BCUT2D eigenvalue weighted by molar-refractivity contribution is -0.143. The number of nitrogens with one attached hydrogen (secondary N) is 1. The highest BCUT2D eigenvalue weighted by atomic mass is 16.5. The van der Waals surface area contributed by atoms with Crippen LogP contribution in [0.1, 0.15) is 444 Å². The molecule has 0 aliphatic rings. The summed E-state index contributed by atoms with van der Waals surface area (Å²) >= 11 is 0. The van der Waals surface area contributed by atoms with Crippen LogP contribution >= 0.6 is 0 Å². The highest BCUT2D eigenvalue weighted by molar-refractivity contribution is 5.76. The third-order valence-electron chi connectivity index (χ3n) is 18.3. The molecule has 6 nitrogen and oxygen atoms in total. The molecule has 0 radical (unpaired) electrons. The van der Waals surface area contributed by atoms with Gasteiger partial charge in [-0.15, -0.1) is 0 Å². The van der Waals surface area contributed by atoms with Crippen LogP contribution in [0.3, 0.4) is 0 Å². The zero-order valence-corrected chi connectivity index (χ0v) is 56.7. The van der Waals surface area contributed by atoms with Gasteiger partial charge >= 0.3 is 5.97 Å². The van der Waals surface area contributed by atoms with Gasteiger partial charge in [-0.2, -0.15) is 0 Å². The molecule has 0 aromatic carbocycles. The Hall–Kier alpha value is -1.40. The molecular formula is C77H151NO5. The summed E-state index contributed by atoms with van der Waals surface area (Å²) < 4.78 is 5.51. The van der Waals surface area contributed by atoms with E-state index in [4.69, 9.17) is 4.74 Å². The monoisotopic (exact) mass is 1170 g/mol. The number of esters is 1. The van der Waals surface area contributed by atoms with E-state index in [9.17, 15) is 19.8 Å². The molecule has 494 valence electrons. The minimum absolute atomic E-state index is 0.0185. The lowest BCUT2D eigenvalue weighted by Crippen LogP contribution is -2.45. The van der Waals surface area contributed by atoms with Crippen LogP contribution in [-0.2, 0) is 14.3 Å². The normalized spacial score (nSPS) is 12.5. The Balaban J connectivity index is 3.32. The molecular weight excluding hydrogens is 1020 g/mol. The summed E-state index contributed by atoms with van der Waals surface area (Å²) in [4.78, 5) is 24.7. The Bertz CT molecular complexity index is 1260. The van der Waals surface area contributed by atoms with E-state index in [0.717, 1.165) is 44.9 Å². The lowest BCUT2D eigenvalue weighted by atomic mass is 10.0. The highest BCUT2D eigenvalue weighted by Gasteiger charge is 2.20. The van der Waals surface area contributed by atoms with Crippen molar-refractivity contribution in [1.29, 1.82) is 0 Å². The van der Waals surface area contributed by atoms with Crippen LogP contribution in [0.15, 0.2) is 12.2 Å². The molecule has 1 amide bonds. The van der Waals surface area contributed by atoms with Gasteiger partial charge in [0, 0.05) is 12.8 Å². The van der Waals surface area contributed by atoms with E-state index in [-0.39, 0.29) is 18.5 Å². The van der Waals surface area contributed by atoms with Gasteiger partial charge in [0.2, 0.25) is 5.91 Å². The van der Waals surface area contributed by atoms with Crippen LogP contribution in [0.2, 0.25) is 0 Å². The molecule has 3 N–H and O–H groups in total. The lowest BCUT2D eigenvalue weighted by Gasteiger charge is -2.22. The Morgan fingerprint density at radius 2 is 0.566 bits per heavy atom. The number of unbranched alkanes of at least 4 members (excludes halogenated alkanes) is 60. The number of amides is 1. The van der Waals surface area contributed by atoms with E-state index in [2.05, 4.69) is 31.3 Å². The fourth-order valence-electron chi connectivity index (χ4n) is 12.5. The summed E-state index contributed by atoms with van der Waals surface area (Å²) in [6.07, 6.45) is 91.5. The smallest absolute Gasteiger partial charge is 0.305 e. The molecule has 0 aliphatic carbocycles. The van der Waals surface area contributed by atoms with Crippen LogP contribution in [0.5, 0.6) is 0 Å². The summed E-state index contributed by atoms with van der Waals surface area (Å²) in [6, 6.07) is -0.538. The largest absolute Gasteiger partial charge is 0.466 e. The fraction of sp³-hybridized carbons (Fsp3) is 0.948. The number of allylic oxidation sites excluding steroid dienone is 2. The first-order valence-electron chi connectivity index (χ1n) is 38.4. The third kappa shape index (κ3) is 69.6. The molecule has 83 heavy (non-hydrogen) atoms. The average Bonchev–Trinajstić information content (AvgIpc) is 3.48. The van der Waals surface area contributed by atoms with Gasteiger partial charge in [-0.05, 0) is 51.4 Å². The summed E-state index contributed by atoms with van der Waals surface area (Å²) in [7, 11) is 0. The summed E-state index contributed by atoms with van der Waals surface area (Å²) in [5.74, 6) is -0.00785. The predicted octanol–water partition coefficient (Wildman–Crippen LogP) is 25.1. The minimum Gasteiger partial charge on any atom is -0.466 e. The van der Waals surface area contributed by atoms with E-state index in [0.29, 0.717) is 25.9 Å². The van der Waals surface area contributed by atoms with Crippen LogP contribution in [0, 0.1) is 0 Å². The standard InChI is InChI=1S/C77H151NO5/c1-3-5-7-9-11-13-15-17-19-21-37-41-45-49-53-57-61-65-69-75(80)74(73-79)78-76(81)70-66-62-58-54-50-46-42-38-35-33-31-29-27-25-23-24-26-28-30-32-34-36-40-44-48-52-56-60-64-68-72-83-77(82)71-67-63-59-55-51-47-43-39-22-20-18-16-14-12-10-8-6-4-2/h20,22,74-75,79-80H,3-19,21,23-73H2,1-2H3,(H,78,81)/b22-20-. The number of ether oxygens (including phenoxy) is 1. The molecule has 0 saturated carbocycles. The maximum absolute atomic E-state index is 12.5. The number of hydrogen-bond donors (Lipinski definition) is 3. The Morgan fingerprint density at radius 1 is 0.325 bits per heavy atom. The molecule has 0 spiro atoms. The van der Waals surface area contributed by atoms with Crippen molar-refractivity contribution in [3.63, 3.8) is 0 Å². The summed E-state index contributed by atoms with van der Waals surface area (Å²) in [6.45, 7) is 5.00. The molecule has 0 aliphatic heterocycles. The zero-order valence-electron chi connectivity index (χ0n) is 56.7. The number of aliphatic hydroxyl groups is 2. The molecule has 0 rings (SSSR count). The van der Waals surface area contributed by atoms with Gasteiger partial charge in [0.1, 0.15) is 0 Å². The molecule has 0 bridgehead atoms. The Labute approximate surface area is 520 Å². The van der Waals surface area contributed by atoms with Gasteiger partial charge in [0.25, 0.3) is 0 Å². The third-order valence-corrected chi connectivity index (χ3v) is 18.3. The SMILES string of the molecule is CCCCCCCCC/C=C\CCCCCCCCCC(=O)OCCCCCCCCCCCCCCCCCCCCCCCCCCCCCCCCC(=O)NC(CO)C(O)CCCCCCCCCCCCCCCCCCCC. The number of carbonyl (C=O) groups excluding carboxylic acids is 2. The minimum atomic E-state index is -0.661. The van der Waals surface area contributed by atoms with E-state index in [1.165, 1.54) is 366 Å². The van der Waals surface area contributed by atoms with Crippen molar-refractivity contribution in [1.82, 2.24) is 5.32 Å². The summed E-state index contributed by atoms with van der Waals surface area (Å²) in [5, 5.41) is 23.4. The Morgan fingerprint density at radius 3 is 0.855 bits per heavy atom. The first-order valence-corrected chi connectivity index (χ1v) is 38.4. The van der Waals surface area contributed by atoms with Gasteiger partial charge < -0.3 is 20.3 Å². The van der Waals surface area contributed by atoms with E-state index in [1.807, 2.05) is 0 Å². The van der Waals surface area contributed by atoms with Gasteiger partial charge in [0.05, 0.1) is 25.4 Å². The maximum Gasteiger partial charge on any atom is 0.305 e. The summed E-state index contributed by atoms with van der Waals surface area (Å²) in [5.41, 5.74) is 0. The van der Waals surface area contributed by atoms with Crippen LogP contribution in [0.25, 0.3) is 0 Å². The predicted molar refractivity (Wildman–Crippen MR) is 366 cm³/mol. The second-order valence-corrected chi connectivity index (χ2v) is 26.7. The fourth-order valence-corrected chi connectivity index (χ4v) is 12.5. The van der Waals surface area contributed by atoms with Crippen molar-refractivity contribution in [2.24, 2.45) is 0 Å². The van der Waals surface area contributed by atoms with Crippen LogP contribution in [-0.4, -0.2) is 47.4 Å². The molecule has 0 fully saturated rings. The Kier molecular flexibility index (Phi) is 71.8.